The molecule has 1 N–H and O–H groups in total. The lowest BCUT2D eigenvalue weighted by Crippen LogP contribution is -2.47. The predicted octanol–water partition coefficient (Wildman–Crippen LogP) is 3.14. The van der Waals surface area contributed by atoms with Crippen molar-refractivity contribution in [3.63, 3.8) is 0 Å². The highest BCUT2D eigenvalue weighted by atomic mass is 16.6. The largest absolute Gasteiger partial charge is 0.493 e. The fraction of sp³-hybridized carbons (Fsp3) is 0.684. The SMILES string of the molecule is COc1cc([C@H](C2CCCCC2)N2CCNCC2)c([N+](=O)[O-])cc1OC. The van der Waals surface area contributed by atoms with Crippen LogP contribution in [0.4, 0.5) is 5.69 Å². The number of nitrogens with one attached hydrogen (secondary N) is 1. The molecule has 7 heteroatoms. The van der Waals surface area contributed by atoms with Gasteiger partial charge in [-0.05, 0) is 24.8 Å². The van der Waals surface area contributed by atoms with E-state index in [2.05, 4.69) is 10.2 Å². The summed E-state index contributed by atoms with van der Waals surface area (Å²) in [5, 5.41) is 15.2. The van der Waals surface area contributed by atoms with E-state index in [1.807, 2.05) is 6.07 Å². The van der Waals surface area contributed by atoms with Gasteiger partial charge < -0.3 is 14.8 Å². The van der Waals surface area contributed by atoms with E-state index in [4.69, 9.17) is 9.47 Å². The van der Waals surface area contributed by atoms with Gasteiger partial charge >= 0.3 is 0 Å². The molecule has 3 rings (SSSR count). The highest BCUT2D eigenvalue weighted by molar-refractivity contribution is 5.55. The average Bonchev–Trinajstić information content (AvgIpc) is 2.69. The Morgan fingerprint density at radius 3 is 2.31 bits per heavy atom. The summed E-state index contributed by atoms with van der Waals surface area (Å²) in [6.45, 7) is 3.66. The Balaban J connectivity index is 2.07. The van der Waals surface area contributed by atoms with Gasteiger partial charge in [-0.3, -0.25) is 15.0 Å². The Hall–Kier alpha value is -1.86. The standard InChI is InChI=1S/C19H29N3O4/c1-25-17-12-15(16(22(23)24)13-18(17)26-2)19(14-6-4-3-5-7-14)21-10-8-20-9-11-21/h12-14,19-20H,3-11H2,1-2H3/t19-/m0/s1. The second-order valence-electron chi connectivity index (χ2n) is 7.15. The van der Waals surface area contributed by atoms with Gasteiger partial charge in [0.25, 0.3) is 5.69 Å². The number of nitrogens with zero attached hydrogens (tertiary/aromatic N) is 2. The first kappa shape index (κ1) is 18.9. The first-order valence-electron chi connectivity index (χ1n) is 9.50. The molecule has 1 aliphatic carbocycles. The van der Waals surface area contributed by atoms with Gasteiger partial charge in [-0.2, -0.15) is 0 Å². The number of hydrogen-bond acceptors (Lipinski definition) is 6. The Bertz CT molecular complexity index is 607. The number of ether oxygens (including phenoxy) is 2. The molecule has 0 amide bonds. The van der Waals surface area contributed by atoms with Crippen molar-refractivity contribution in [2.75, 3.05) is 40.4 Å². The third-order valence-corrected chi connectivity index (χ3v) is 5.69. The van der Waals surface area contributed by atoms with E-state index in [1.165, 1.54) is 32.4 Å². The number of nitro benzene ring substituents is 1. The molecule has 0 spiro atoms. The van der Waals surface area contributed by atoms with Gasteiger partial charge in [0.05, 0.1) is 30.8 Å². The number of hydrogen-bond donors (Lipinski definition) is 1. The van der Waals surface area contributed by atoms with Gasteiger partial charge in [0.2, 0.25) is 0 Å². The van der Waals surface area contributed by atoms with Crippen molar-refractivity contribution in [3.05, 3.63) is 27.8 Å². The molecular formula is C19H29N3O4. The Kier molecular flexibility index (Phi) is 6.32. The van der Waals surface area contributed by atoms with E-state index in [9.17, 15) is 10.1 Å². The molecule has 0 aromatic heterocycles. The van der Waals surface area contributed by atoms with Crippen molar-refractivity contribution in [1.82, 2.24) is 10.2 Å². The van der Waals surface area contributed by atoms with Crippen molar-refractivity contribution in [1.29, 1.82) is 0 Å². The van der Waals surface area contributed by atoms with E-state index >= 15 is 0 Å². The maximum Gasteiger partial charge on any atom is 0.278 e. The third-order valence-electron chi connectivity index (χ3n) is 5.69. The van der Waals surface area contributed by atoms with E-state index in [1.54, 1.807) is 7.11 Å². The van der Waals surface area contributed by atoms with Gasteiger partial charge in [-0.25, -0.2) is 0 Å². The minimum absolute atomic E-state index is 0.0533. The molecule has 1 saturated heterocycles. The van der Waals surface area contributed by atoms with Gasteiger partial charge in [0.15, 0.2) is 11.5 Å². The Labute approximate surface area is 154 Å². The minimum Gasteiger partial charge on any atom is -0.493 e. The van der Waals surface area contributed by atoms with Crippen molar-refractivity contribution in [2.45, 2.75) is 38.1 Å². The van der Waals surface area contributed by atoms with Crippen LogP contribution in [-0.2, 0) is 0 Å². The lowest BCUT2D eigenvalue weighted by Gasteiger charge is -2.41. The first-order chi connectivity index (χ1) is 12.7. The summed E-state index contributed by atoms with van der Waals surface area (Å²) in [4.78, 5) is 14.0. The molecule has 1 heterocycles. The summed E-state index contributed by atoms with van der Waals surface area (Å²) in [6.07, 6.45) is 5.92. The van der Waals surface area contributed by atoms with Gasteiger partial charge in [0.1, 0.15) is 0 Å². The van der Waals surface area contributed by atoms with Crippen LogP contribution < -0.4 is 14.8 Å². The Morgan fingerprint density at radius 1 is 1.12 bits per heavy atom. The van der Waals surface area contributed by atoms with Gasteiger partial charge in [0, 0.05) is 32.2 Å². The van der Waals surface area contributed by atoms with Crippen molar-refractivity contribution in [3.8, 4) is 11.5 Å². The molecule has 0 bridgehead atoms. The smallest absolute Gasteiger partial charge is 0.278 e. The van der Waals surface area contributed by atoms with Gasteiger partial charge in [-0.1, -0.05) is 19.3 Å². The lowest BCUT2D eigenvalue weighted by atomic mass is 9.79. The Morgan fingerprint density at radius 2 is 1.73 bits per heavy atom. The van der Waals surface area contributed by atoms with Crippen LogP contribution in [0, 0.1) is 16.0 Å². The number of piperazine rings is 1. The van der Waals surface area contributed by atoms with Crippen LogP contribution in [0.25, 0.3) is 0 Å². The second kappa shape index (κ2) is 8.68. The number of methoxy groups -OCH3 is 2. The quantitative estimate of drug-likeness (QED) is 0.618. The van der Waals surface area contributed by atoms with Crippen LogP contribution in [0.1, 0.15) is 43.7 Å². The maximum atomic E-state index is 11.8. The maximum absolute atomic E-state index is 11.8. The monoisotopic (exact) mass is 363 g/mol. The molecule has 1 atom stereocenters. The van der Waals surface area contributed by atoms with E-state index < -0.39 is 0 Å². The predicted molar refractivity (Wildman–Crippen MR) is 100.0 cm³/mol. The zero-order valence-corrected chi connectivity index (χ0v) is 15.7. The molecule has 1 aromatic carbocycles. The summed E-state index contributed by atoms with van der Waals surface area (Å²) < 4.78 is 10.8. The molecule has 2 fully saturated rings. The molecule has 0 unspecified atom stereocenters. The van der Waals surface area contributed by atoms with E-state index in [0.29, 0.717) is 17.4 Å². The molecule has 2 aliphatic rings. The third kappa shape index (κ3) is 3.94. The van der Waals surface area contributed by atoms with Crippen LogP contribution in [-0.4, -0.2) is 50.2 Å². The van der Waals surface area contributed by atoms with Gasteiger partial charge in [-0.15, -0.1) is 0 Å². The molecule has 1 aliphatic heterocycles. The lowest BCUT2D eigenvalue weighted by molar-refractivity contribution is -0.386. The van der Waals surface area contributed by atoms with Crippen molar-refractivity contribution >= 4 is 5.69 Å². The molecule has 144 valence electrons. The fourth-order valence-electron chi connectivity index (χ4n) is 4.44. The molecular weight excluding hydrogens is 334 g/mol. The van der Waals surface area contributed by atoms with Crippen molar-refractivity contribution < 1.29 is 14.4 Å². The summed E-state index contributed by atoms with van der Waals surface area (Å²) in [7, 11) is 3.09. The van der Waals surface area contributed by atoms with Crippen LogP contribution in [0.15, 0.2) is 12.1 Å². The van der Waals surface area contributed by atoms with E-state index in [0.717, 1.165) is 44.6 Å². The number of nitro groups is 1. The number of benzene rings is 1. The minimum atomic E-state index is -0.282. The highest BCUT2D eigenvalue weighted by Crippen LogP contribution is 2.45. The summed E-state index contributed by atoms with van der Waals surface area (Å²) in [5.41, 5.74) is 0.901. The molecule has 26 heavy (non-hydrogen) atoms. The zero-order valence-electron chi connectivity index (χ0n) is 15.7. The molecule has 1 saturated carbocycles. The molecule has 0 radical (unpaired) electrons. The second-order valence-corrected chi connectivity index (χ2v) is 7.15. The molecule has 7 nitrogen and oxygen atoms in total. The zero-order chi connectivity index (χ0) is 18.5. The summed E-state index contributed by atoms with van der Waals surface area (Å²) >= 11 is 0. The van der Waals surface area contributed by atoms with Crippen molar-refractivity contribution in [2.24, 2.45) is 5.92 Å². The van der Waals surface area contributed by atoms with E-state index in [-0.39, 0.29) is 16.7 Å². The first-order valence-corrected chi connectivity index (χ1v) is 9.50. The number of rotatable bonds is 6. The summed E-state index contributed by atoms with van der Waals surface area (Å²) in [6, 6.07) is 3.40. The fourth-order valence-corrected chi connectivity index (χ4v) is 4.44. The van der Waals surface area contributed by atoms with Crippen LogP contribution in [0.2, 0.25) is 0 Å². The topological polar surface area (TPSA) is 76.9 Å². The molecule has 1 aromatic rings. The normalized spacial score (nSPS) is 20.5. The highest BCUT2D eigenvalue weighted by Gasteiger charge is 2.36. The van der Waals surface area contributed by atoms with Crippen LogP contribution >= 0.6 is 0 Å². The summed E-state index contributed by atoms with van der Waals surface area (Å²) in [5.74, 6) is 1.41. The van der Waals surface area contributed by atoms with Crippen LogP contribution in [0.3, 0.4) is 0 Å². The van der Waals surface area contributed by atoms with Crippen LogP contribution in [0.5, 0.6) is 11.5 Å². The average molecular weight is 363 g/mol.